The summed E-state index contributed by atoms with van der Waals surface area (Å²) in [6, 6.07) is 10.5. The molecule has 0 atom stereocenters. The maximum atomic E-state index is 12.5. The number of para-hydroxylation sites is 1. The van der Waals surface area contributed by atoms with Crippen molar-refractivity contribution in [2.75, 3.05) is 7.05 Å². The number of pyridine rings is 1. The van der Waals surface area contributed by atoms with E-state index in [1.807, 2.05) is 12.1 Å². The van der Waals surface area contributed by atoms with E-state index in [9.17, 15) is 8.78 Å². The number of alkyl halides is 2. The van der Waals surface area contributed by atoms with Crippen LogP contribution in [0, 0.1) is 0 Å². The van der Waals surface area contributed by atoms with Gasteiger partial charge >= 0.3 is 6.61 Å². The van der Waals surface area contributed by atoms with Crippen molar-refractivity contribution in [3.63, 3.8) is 0 Å². The fourth-order valence-electron chi connectivity index (χ4n) is 3.25. The van der Waals surface area contributed by atoms with E-state index in [0.29, 0.717) is 30.5 Å². The van der Waals surface area contributed by atoms with Crippen LogP contribution in [0.5, 0.6) is 11.6 Å². The Morgan fingerprint density at radius 3 is 2.63 bits per heavy atom. The molecule has 2 N–H and O–H groups in total. The molecule has 0 aliphatic heterocycles. The standard InChI is InChI=1S/C21H26F2N4O2.HI/c1-24-21(27-14-16-6-2-5-9-18(16)29-20(22)23)26-13-15-10-11-25-19(12-15)28-17-7-3-4-8-17;/h2,5-6,9-12,17,20H,3-4,7-8,13-14H2,1H3,(H2,24,26,27);1H. The predicted molar refractivity (Wildman–Crippen MR) is 123 cm³/mol. The highest BCUT2D eigenvalue weighted by Crippen LogP contribution is 2.23. The molecule has 1 aliphatic rings. The lowest BCUT2D eigenvalue weighted by molar-refractivity contribution is -0.0504. The molecule has 2 aromatic rings. The molecule has 0 saturated heterocycles. The summed E-state index contributed by atoms with van der Waals surface area (Å²) in [5, 5.41) is 6.31. The molecule has 3 rings (SSSR count). The number of nitrogens with zero attached hydrogens (tertiary/aromatic N) is 2. The topological polar surface area (TPSA) is 67.8 Å². The normalized spacial score (nSPS) is 14.3. The van der Waals surface area contributed by atoms with Crippen LogP contribution < -0.4 is 20.1 Å². The lowest BCUT2D eigenvalue weighted by Gasteiger charge is -2.15. The third-order valence-corrected chi connectivity index (χ3v) is 4.71. The second-order valence-electron chi connectivity index (χ2n) is 6.79. The van der Waals surface area contributed by atoms with E-state index in [1.165, 1.54) is 18.9 Å². The van der Waals surface area contributed by atoms with Gasteiger partial charge in [0.25, 0.3) is 0 Å². The van der Waals surface area contributed by atoms with Crippen molar-refractivity contribution < 1.29 is 18.3 Å². The first-order valence-electron chi connectivity index (χ1n) is 9.73. The van der Waals surface area contributed by atoms with Crippen molar-refractivity contribution in [2.24, 2.45) is 4.99 Å². The second kappa shape index (κ2) is 12.5. The van der Waals surface area contributed by atoms with Gasteiger partial charge in [0.2, 0.25) is 5.88 Å². The fraction of sp³-hybridized carbons (Fsp3) is 0.429. The van der Waals surface area contributed by atoms with Gasteiger partial charge in [-0.05, 0) is 43.4 Å². The zero-order chi connectivity index (χ0) is 20.5. The molecule has 6 nitrogen and oxygen atoms in total. The number of rotatable bonds is 8. The Bertz CT molecular complexity index is 817. The fourth-order valence-corrected chi connectivity index (χ4v) is 3.25. The molecule has 30 heavy (non-hydrogen) atoms. The summed E-state index contributed by atoms with van der Waals surface area (Å²) in [7, 11) is 1.65. The average Bonchev–Trinajstić information content (AvgIpc) is 3.22. The Morgan fingerprint density at radius 1 is 1.17 bits per heavy atom. The second-order valence-corrected chi connectivity index (χ2v) is 6.79. The highest BCUT2D eigenvalue weighted by molar-refractivity contribution is 14.0. The maximum Gasteiger partial charge on any atom is 0.387 e. The zero-order valence-electron chi connectivity index (χ0n) is 16.8. The summed E-state index contributed by atoms with van der Waals surface area (Å²) >= 11 is 0. The van der Waals surface area contributed by atoms with Crippen molar-refractivity contribution in [1.29, 1.82) is 0 Å². The highest BCUT2D eigenvalue weighted by Gasteiger charge is 2.17. The molecule has 0 bridgehead atoms. The molecular weight excluding hydrogens is 505 g/mol. The predicted octanol–water partition coefficient (Wildman–Crippen LogP) is 4.49. The van der Waals surface area contributed by atoms with Crippen molar-refractivity contribution in [3.05, 3.63) is 53.7 Å². The van der Waals surface area contributed by atoms with Gasteiger partial charge in [0.1, 0.15) is 11.9 Å². The lowest BCUT2D eigenvalue weighted by atomic mass is 10.2. The molecule has 1 aromatic heterocycles. The molecule has 0 unspecified atom stereocenters. The van der Waals surface area contributed by atoms with Gasteiger partial charge in [0, 0.05) is 38.0 Å². The largest absolute Gasteiger partial charge is 0.474 e. The Morgan fingerprint density at radius 2 is 1.90 bits per heavy atom. The summed E-state index contributed by atoms with van der Waals surface area (Å²) < 4.78 is 35.6. The van der Waals surface area contributed by atoms with Crippen molar-refractivity contribution in [1.82, 2.24) is 15.6 Å². The van der Waals surface area contributed by atoms with Gasteiger partial charge in [-0.15, -0.1) is 24.0 Å². The van der Waals surface area contributed by atoms with Gasteiger partial charge in [-0.3, -0.25) is 4.99 Å². The number of benzene rings is 1. The highest BCUT2D eigenvalue weighted by atomic mass is 127. The molecule has 1 fully saturated rings. The summed E-state index contributed by atoms with van der Waals surface area (Å²) in [5.41, 5.74) is 1.63. The number of guanidine groups is 1. The van der Waals surface area contributed by atoms with Crippen LogP contribution in [-0.2, 0) is 13.1 Å². The SMILES string of the molecule is CN=C(NCc1ccnc(OC2CCCC2)c1)NCc1ccccc1OC(F)F.I. The van der Waals surface area contributed by atoms with Crippen LogP contribution in [0.15, 0.2) is 47.6 Å². The number of aromatic nitrogens is 1. The first-order chi connectivity index (χ1) is 14.1. The molecule has 1 saturated carbocycles. The summed E-state index contributed by atoms with van der Waals surface area (Å²) in [6.45, 7) is -2.03. The third kappa shape index (κ3) is 7.58. The Hall–Kier alpha value is -2.17. The smallest absolute Gasteiger partial charge is 0.387 e. The molecule has 9 heteroatoms. The first-order valence-corrected chi connectivity index (χ1v) is 9.73. The maximum absolute atomic E-state index is 12.5. The Balaban J connectivity index is 0.00000320. The van der Waals surface area contributed by atoms with Crippen LogP contribution >= 0.6 is 24.0 Å². The third-order valence-electron chi connectivity index (χ3n) is 4.71. The van der Waals surface area contributed by atoms with E-state index in [2.05, 4.69) is 25.3 Å². The van der Waals surface area contributed by atoms with Crippen molar-refractivity contribution in [2.45, 2.75) is 51.5 Å². The van der Waals surface area contributed by atoms with Crippen LogP contribution in [0.25, 0.3) is 0 Å². The van der Waals surface area contributed by atoms with Gasteiger partial charge in [0.05, 0.1) is 0 Å². The molecule has 1 aliphatic carbocycles. The Labute approximate surface area is 192 Å². The Kier molecular flexibility index (Phi) is 10.0. The molecule has 0 radical (unpaired) electrons. The van der Waals surface area contributed by atoms with Crippen LogP contribution in [-0.4, -0.2) is 30.7 Å². The van der Waals surface area contributed by atoms with E-state index in [-0.39, 0.29) is 35.8 Å². The van der Waals surface area contributed by atoms with Crippen LogP contribution in [0.3, 0.4) is 0 Å². The van der Waals surface area contributed by atoms with Gasteiger partial charge in [0.15, 0.2) is 5.96 Å². The van der Waals surface area contributed by atoms with E-state index in [4.69, 9.17) is 4.74 Å². The van der Waals surface area contributed by atoms with Gasteiger partial charge in [-0.2, -0.15) is 8.78 Å². The summed E-state index contributed by atoms with van der Waals surface area (Å²) in [5.74, 6) is 1.33. The number of nitrogens with one attached hydrogen (secondary N) is 2. The van der Waals surface area contributed by atoms with Gasteiger partial charge < -0.3 is 20.1 Å². The number of aliphatic imine (C=N–C) groups is 1. The number of ether oxygens (including phenoxy) is 2. The van der Waals surface area contributed by atoms with Crippen molar-refractivity contribution in [3.8, 4) is 11.6 Å². The first kappa shape index (κ1) is 24.1. The number of hydrogen-bond donors (Lipinski definition) is 2. The van der Waals surface area contributed by atoms with Crippen LogP contribution in [0.1, 0.15) is 36.8 Å². The van der Waals surface area contributed by atoms with Crippen LogP contribution in [0.4, 0.5) is 8.78 Å². The van der Waals surface area contributed by atoms with E-state index in [0.717, 1.165) is 18.4 Å². The quantitative estimate of drug-likeness (QED) is 0.298. The molecule has 1 aromatic carbocycles. The van der Waals surface area contributed by atoms with E-state index < -0.39 is 6.61 Å². The summed E-state index contributed by atoms with van der Waals surface area (Å²) in [4.78, 5) is 8.46. The van der Waals surface area contributed by atoms with Crippen LogP contribution in [0.2, 0.25) is 0 Å². The lowest BCUT2D eigenvalue weighted by Crippen LogP contribution is -2.36. The summed E-state index contributed by atoms with van der Waals surface area (Å²) in [6.07, 6.45) is 6.57. The molecule has 164 valence electrons. The minimum Gasteiger partial charge on any atom is -0.474 e. The average molecular weight is 532 g/mol. The monoisotopic (exact) mass is 532 g/mol. The van der Waals surface area contributed by atoms with Gasteiger partial charge in [-0.1, -0.05) is 18.2 Å². The zero-order valence-corrected chi connectivity index (χ0v) is 19.1. The van der Waals surface area contributed by atoms with E-state index in [1.54, 1.807) is 31.4 Å². The molecule has 0 spiro atoms. The molecule has 1 heterocycles. The number of hydrogen-bond acceptors (Lipinski definition) is 4. The molecular formula is C21H27F2IN4O2. The minimum absolute atomic E-state index is 0. The van der Waals surface area contributed by atoms with Crippen molar-refractivity contribution >= 4 is 29.9 Å². The van der Waals surface area contributed by atoms with Gasteiger partial charge in [-0.25, -0.2) is 4.98 Å². The number of halogens is 3. The minimum atomic E-state index is -2.86. The molecule has 0 amide bonds. The van der Waals surface area contributed by atoms with E-state index >= 15 is 0 Å².